The summed E-state index contributed by atoms with van der Waals surface area (Å²) < 4.78 is 10.7. The Bertz CT molecular complexity index is 327. The topological polar surface area (TPSA) is 35.5 Å². The van der Waals surface area contributed by atoms with Crippen molar-refractivity contribution in [3.63, 3.8) is 0 Å². The maximum absolute atomic E-state index is 11.2. The second-order valence-corrected chi connectivity index (χ2v) is 4.74. The van der Waals surface area contributed by atoms with Gasteiger partial charge in [0.2, 0.25) is 0 Å². The Morgan fingerprint density at radius 3 is 2.53 bits per heavy atom. The van der Waals surface area contributed by atoms with Crippen LogP contribution in [-0.4, -0.2) is 25.8 Å². The van der Waals surface area contributed by atoms with E-state index in [0.717, 1.165) is 44.3 Å². The van der Waals surface area contributed by atoms with E-state index in [4.69, 9.17) is 9.47 Å². The van der Waals surface area contributed by atoms with Crippen LogP contribution < -0.4 is 0 Å². The van der Waals surface area contributed by atoms with Crippen molar-refractivity contribution in [2.75, 3.05) is 19.8 Å². The fraction of sp³-hybridized carbons (Fsp3) is 0.562. The number of allylic oxidation sites excluding steroid dienone is 2. The molecule has 0 spiro atoms. The summed E-state index contributed by atoms with van der Waals surface area (Å²) in [6.45, 7) is 9.19. The van der Waals surface area contributed by atoms with Crippen LogP contribution >= 0.6 is 0 Å². The molecule has 0 amide bonds. The number of carbonyl (C=O) groups excluding carboxylic acids is 1. The van der Waals surface area contributed by atoms with Gasteiger partial charge in [-0.3, -0.25) is 4.79 Å². The quantitative estimate of drug-likeness (QED) is 0.326. The van der Waals surface area contributed by atoms with Gasteiger partial charge >= 0.3 is 5.97 Å². The largest absolute Gasteiger partial charge is 0.465 e. The molecule has 0 heterocycles. The number of esters is 1. The second kappa shape index (κ2) is 9.56. The molecule has 0 saturated heterocycles. The van der Waals surface area contributed by atoms with Gasteiger partial charge in [-0.15, -0.1) is 0 Å². The van der Waals surface area contributed by atoms with Crippen molar-refractivity contribution in [3.8, 4) is 0 Å². The number of carbonyl (C=O) groups is 1. The van der Waals surface area contributed by atoms with Crippen molar-refractivity contribution in [1.29, 1.82) is 0 Å². The predicted molar refractivity (Wildman–Crippen MR) is 76.8 cm³/mol. The van der Waals surface area contributed by atoms with Crippen LogP contribution in [0.25, 0.3) is 0 Å². The Morgan fingerprint density at radius 1 is 1.16 bits per heavy atom. The zero-order valence-electron chi connectivity index (χ0n) is 11.6. The van der Waals surface area contributed by atoms with E-state index in [1.54, 1.807) is 12.2 Å². The highest BCUT2D eigenvalue weighted by atomic mass is 16.5. The average molecular weight is 264 g/mol. The Morgan fingerprint density at radius 2 is 1.89 bits per heavy atom. The summed E-state index contributed by atoms with van der Waals surface area (Å²) in [4.78, 5) is 11.2. The lowest BCUT2D eigenvalue weighted by atomic mass is 10.2. The SMILES string of the molecule is C=C/C=C(\C=C)COCCCCCOC(=O)C1CC1. The highest BCUT2D eigenvalue weighted by molar-refractivity contribution is 5.74. The lowest BCUT2D eigenvalue weighted by molar-refractivity contribution is -0.145. The van der Waals surface area contributed by atoms with E-state index in [-0.39, 0.29) is 11.9 Å². The van der Waals surface area contributed by atoms with Crippen LogP contribution in [-0.2, 0) is 14.3 Å². The van der Waals surface area contributed by atoms with Crippen molar-refractivity contribution in [2.24, 2.45) is 5.92 Å². The first-order chi connectivity index (χ1) is 9.27. The van der Waals surface area contributed by atoms with Crippen LogP contribution in [0.5, 0.6) is 0 Å². The molecule has 3 heteroatoms. The molecule has 0 unspecified atom stereocenters. The van der Waals surface area contributed by atoms with E-state index in [9.17, 15) is 4.79 Å². The Labute approximate surface area is 116 Å². The highest BCUT2D eigenvalue weighted by Crippen LogP contribution is 2.30. The van der Waals surface area contributed by atoms with Gasteiger partial charge in [-0.05, 0) is 37.7 Å². The fourth-order valence-electron chi connectivity index (χ4n) is 1.61. The van der Waals surface area contributed by atoms with E-state index >= 15 is 0 Å². The summed E-state index contributed by atoms with van der Waals surface area (Å²) in [5.41, 5.74) is 1.04. The van der Waals surface area contributed by atoms with Gasteiger partial charge in [0, 0.05) is 6.61 Å². The summed E-state index contributed by atoms with van der Waals surface area (Å²) in [5, 5.41) is 0. The first-order valence-electron chi connectivity index (χ1n) is 6.96. The van der Waals surface area contributed by atoms with Gasteiger partial charge in [-0.1, -0.05) is 31.4 Å². The van der Waals surface area contributed by atoms with Gasteiger partial charge < -0.3 is 9.47 Å². The van der Waals surface area contributed by atoms with Crippen molar-refractivity contribution >= 4 is 5.97 Å². The Balaban J connectivity index is 1.87. The number of hydrogen-bond donors (Lipinski definition) is 0. The number of ether oxygens (including phenoxy) is 2. The van der Waals surface area contributed by atoms with Gasteiger partial charge in [0.25, 0.3) is 0 Å². The molecule has 0 N–H and O–H groups in total. The van der Waals surface area contributed by atoms with Crippen LogP contribution in [0.1, 0.15) is 32.1 Å². The summed E-state index contributed by atoms with van der Waals surface area (Å²) in [6.07, 6.45) is 10.3. The van der Waals surface area contributed by atoms with Gasteiger partial charge in [-0.25, -0.2) is 0 Å². The van der Waals surface area contributed by atoms with Crippen molar-refractivity contribution in [2.45, 2.75) is 32.1 Å². The third-order valence-corrected chi connectivity index (χ3v) is 2.95. The molecule has 1 saturated carbocycles. The van der Waals surface area contributed by atoms with Crippen molar-refractivity contribution < 1.29 is 14.3 Å². The lowest BCUT2D eigenvalue weighted by Gasteiger charge is -2.05. The summed E-state index contributed by atoms with van der Waals surface area (Å²) in [7, 11) is 0. The van der Waals surface area contributed by atoms with E-state index in [1.807, 2.05) is 6.08 Å². The minimum absolute atomic E-state index is 0.0126. The van der Waals surface area contributed by atoms with Crippen LogP contribution in [0.15, 0.2) is 37.0 Å². The number of unbranched alkanes of at least 4 members (excludes halogenated alkanes) is 2. The van der Waals surface area contributed by atoms with Crippen molar-refractivity contribution in [1.82, 2.24) is 0 Å². The first kappa shape index (κ1) is 15.7. The van der Waals surface area contributed by atoms with Crippen LogP contribution in [0.3, 0.4) is 0 Å². The molecule has 0 aliphatic heterocycles. The summed E-state index contributed by atoms with van der Waals surface area (Å²) in [6, 6.07) is 0. The lowest BCUT2D eigenvalue weighted by Crippen LogP contribution is -2.07. The maximum Gasteiger partial charge on any atom is 0.308 e. The standard InChI is InChI=1S/C16H24O3/c1-3-8-14(4-2)13-18-11-6-5-7-12-19-16(17)15-9-10-15/h3-4,8,15H,1-2,5-7,9-13H2/b14-8+. The van der Waals surface area contributed by atoms with Crippen LogP contribution in [0, 0.1) is 5.92 Å². The molecule has 0 aromatic rings. The average Bonchev–Trinajstić information content (AvgIpc) is 3.24. The molecule has 1 rings (SSSR count). The zero-order valence-corrected chi connectivity index (χ0v) is 11.6. The number of hydrogen-bond acceptors (Lipinski definition) is 3. The second-order valence-electron chi connectivity index (χ2n) is 4.74. The van der Waals surface area contributed by atoms with E-state index in [1.165, 1.54) is 0 Å². The molecular weight excluding hydrogens is 240 g/mol. The molecule has 0 aromatic heterocycles. The molecule has 1 aliphatic carbocycles. The maximum atomic E-state index is 11.2. The van der Waals surface area contributed by atoms with Gasteiger partial charge in [0.05, 0.1) is 19.1 Å². The molecule has 19 heavy (non-hydrogen) atoms. The number of rotatable bonds is 11. The smallest absolute Gasteiger partial charge is 0.308 e. The normalized spacial score (nSPS) is 15.1. The molecule has 0 aromatic carbocycles. The van der Waals surface area contributed by atoms with Crippen molar-refractivity contribution in [3.05, 3.63) is 37.0 Å². The molecule has 0 radical (unpaired) electrons. The molecule has 106 valence electrons. The fourth-order valence-corrected chi connectivity index (χ4v) is 1.61. The molecule has 3 nitrogen and oxygen atoms in total. The zero-order chi connectivity index (χ0) is 13.9. The third-order valence-electron chi connectivity index (χ3n) is 2.95. The third kappa shape index (κ3) is 7.62. The minimum atomic E-state index is -0.0126. The van der Waals surface area contributed by atoms with Gasteiger partial charge in [0.1, 0.15) is 0 Å². The monoisotopic (exact) mass is 264 g/mol. The van der Waals surface area contributed by atoms with Crippen LogP contribution in [0.2, 0.25) is 0 Å². The van der Waals surface area contributed by atoms with Gasteiger partial charge in [-0.2, -0.15) is 0 Å². The van der Waals surface area contributed by atoms with E-state index in [0.29, 0.717) is 13.2 Å². The van der Waals surface area contributed by atoms with E-state index < -0.39 is 0 Å². The summed E-state index contributed by atoms with van der Waals surface area (Å²) >= 11 is 0. The Kier molecular flexibility index (Phi) is 7.91. The molecule has 0 bridgehead atoms. The molecule has 1 aliphatic rings. The Hall–Kier alpha value is -1.35. The molecule has 0 atom stereocenters. The molecular formula is C16H24O3. The van der Waals surface area contributed by atoms with E-state index in [2.05, 4.69) is 13.2 Å². The highest BCUT2D eigenvalue weighted by Gasteiger charge is 2.30. The predicted octanol–water partition coefficient (Wildman–Crippen LogP) is 3.42. The minimum Gasteiger partial charge on any atom is -0.465 e. The van der Waals surface area contributed by atoms with Gasteiger partial charge in [0.15, 0.2) is 0 Å². The first-order valence-corrected chi connectivity index (χ1v) is 6.96. The summed E-state index contributed by atoms with van der Waals surface area (Å²) in [5.74, 6) is 0.193. The van der Waals surface area contributed by atoms with Crippen LogP contribution in [0.4, 0.5) is 0 Å². The molecule has 1 fully saturated rings.